The highest BCUT2D eigenvalue weighted by molar-refractivity contribution is 6.00. The van der Waals surface area contributed by atoms with Gasteiger partial charge in [-0.05, 0) is 42.0 Å². The topological polar surface area (TPSA) is 67.0 Å². The highest BCUT2D eigenvalue weighted by Crippen LogP contribution is 2.37. The van der Waals surface area contributed by atoms with Gasteiger partial charge < -0.3 is 10.1 Å². The number of fused-ring (bicyclic) bond motifs is 1. The zero-order valence-corrected chi connectivity index (χ0v) is 12.8. The molecule has 0 saturated heterocycles. The van der Waals surface area contributed by atoms with E-state index in [0.717, 1.165) is 16.9 Å². The molecule has 6 heteroatoms. The second-order valence-corrected chi connectivity index (χ2v) is 5.55. The lowest BCUT2D eigenvalue weighted by Gasteiger charge is -2.13. The van der Waals surface area contributed by atoms with Crippen LogP contribution in [0.4, 0.5) is 4.39 Å². The minimum absolute atomic E-state index is 0.244. The summed E-state index contributed by atoms with van der Waals surface area (Å²) >= 11 is 0. The van der Waals surface area contributed by atoms with Crippen LogP contribution in [0.15, 0.2) is 48.5 Å². The van der Waals surface area contributed by atoms with Crippen molar-refractivity contribution in [3.05, 3.63) is 71.2 Å². The SMILES string of the molecule is COc1ccc(-c2n[nH]c3c2[C@H](c2cccc(F)c2)NC3=O)cc1. The maximum absolute atomic E-state index is 13.6. The number of aromatic nitrogens is 2. The molecule has 0 aliphatic carbocycles. The zero-order valence-electron chi connectivity index (χ0n) is 12.8. The van der Waals surface area contributed by atoms with Gasteiger partial charge in [0.05, 0.1) is 18.8 Å². The third-order valence-electron chi connectivity index (χ3n) is 4.14. The van der Waals surface area contributed by atoms with E-state index in [1.807, 2.05) is 24.3 Å². The Hall–Kier alpha value is -3.15. The van der Waals surface area contributed by atoms with Gasteiger partial charge in [0.2, 0.25) is 0 Å². The quantitative estimate of drug-likeness (QED) is 0.778. The molecule has 2 heterocycles. The standard InChI is InChI=1S/C18H14FN3O2/c1-24-13-7-5-10(6-8-13)16-14-15(11-3-2-4-12(19)9-11)20-18(23)17(14)22-21-16/h2-9,15H,1H3,(H,20,23)(H,21,22)/t15-/m0/s1. The van der Waals surface area contributed by atoms with Gasteiger partial charge in [-0.1, -0.05) is 12.1 Å². The van der Waals surface area contributed by atoms with Crippen LogP contribution in [-0.4, -0.2) is 23.2 Å². The molecule has 0 unspecified atom stereocenters. The number of H-pyrrole nitrogens is 1. The van der Waals surface area contributed by atoms with Crippen LogP contribution in [0.3, 0.4) is 0 Å². The molecule has 1 aliphatic rings. The lowest BCUT2D eigenvalue weighted by atomic mass is 9.97. The van der Waals surface area contributed by atoms with Crippen molar-refractivity contribution < 1.29 is 13.9 Å². The van der Waals surface area contributed by atoms with Gasteiger partial charge >= 0.3 is 0 Å². The van der Waals surface area contributed by atoms with Crippen molar-refractivity contribution in [2.45, 2.75) is 6.04 Å². The molecule has 1 aliphatic heterocycles. The molecule has 1 atom stereocenters. The number of aromatic amines is 1. The maximum Gasteiger partial charge on any atom is 0.270 e. The molecule has 1 aromatic heterocycles. The van der Waals surface area contributed by atoms with Gasteiger partial charge in [0, 0.05) is 11.1 Å². The van der Waals surface area contributed by atoms with E-state index in [1.54, 1.807) is 19.2 Å². The van der Waals surface area contributed by atoms with Crippen molar-refractivity contribution in [1.82, 2.24) is 15.5 Å². The molecular weight excluding hydrogens is 309 g/mol. The molecule has 120 valence electrons. The Bertz CT molecular complexity index is 918. The Labute approximate surface area is 137 Å². The van der Waals surface area contributed by atoms with Crippen LogP contribution in [0.1, 0.15) is 27.7 Å². The summed E-state index contributed by atoms with van der Waals surface area (Å²) in [5.74, 6) is 0.151. The van der Waals surface area contributed by atoms with E-state index in [0.29, 0.717) is 17.0 Å². The van der Waals surface area contributed by atoms with E-state index in [9.17, 15) is 9.18 Å². The first-order chi connectivity index (χ1) is 11.7. The Morgan fingerprint density at radius 1 is 1.17 bits per heavy atom. The van der Waals surface area contributed by atoms with Gasteiger partial charge in [-0.2, -0.15) is 5.10 Å². The minimum Gasteiger partial charge on any atom is -0.497 e. The van der Waals surface area contributed by atoms with E-state index in [4.69, 9.17) is 4.74 Å². The monoisotopic (exact) mass is 323 g/mol. The molecule has 0 radical (unpaired) electrons. The highest BCUT2D eigenvalue weighted by Gasteiger charge is 2.35. The molecule has 0 bridgehead atoms. The van der Waals surface area contributed by atoms with Crippen LogP contribution < -0.4 is 10.1 Å². The van der Waals surface area contributed by atoms with Crippen LogP contribution in [0.5, 0.6) is 5.75 Å². The fraction of sp³-hybridized carbons (Fsp3) is 0.111. The van der Waals surface area contributed by atoms with Crippen molar-refractivity contribution in [3.8, 4) is 17.0 Å². The van der Waals surface area contributed by atoms with Crippen LogP contribution >= 0.6 is 0 Å². The average molecular weight is 323 g/mol. The first kappa shape index (κ1) is 14.4. The van der Waals surface area contributed by atoms with Crippen molar-refractivity contribution >= 4 is 5.91 Å². The number of hydrogen-bond acceptors (Lipinski definition) is 3. The highest BCUT2D eigenvalue weighted by atomic mass is 19.1. The number of amides is 1. The normalized spacial score (nSPS) is 15.9. The van der Waals surface area contributed by atoms with Gasteiger partial charge in [0.15, 0.2) is 0 Å². The predicted octanol–water partition coefficient (Wildman–Crippen LogP) is 3.06. The van der Waals surface area contributed by atoms with Gasteiger partial charge in [-0.3, -0.25) is 9.89 Å². The van der Waals surface area contributed by atoms with Crippen molar-refractivity contribution in [2.75, 3.05) is 7.11 Å². The van der Waals surface area contributed by atoms with Gasteiger partial charge in [-0.15, -0.1) is 0 Å². The molecule has 3 aromatic rings. The number of benzene rings is 2. The number of methoxy groups -OCH3 is 1. The summed E-state index contributed by atoms with van der Waals surface area (Å²) in [6.45, 7) is 0. The summed E-state index contributed by atoms with van der Waals surface area (Å²) < 4.78 is 18.7. The second-order valence-electron chi connectivity index (χ2n) is 5.55. The predicted molar refractivity (Wildman–Crippen MR) is 86.3 cm³/mol. The second kappa shape index (κ2) is 5.49. The molecule has 0 fully saturated rings. The number of nitrogens with zero attached hydrogens (tertiary/aromatic N) is 1. The van der Waals surface area contributed by atoms with E-state index in [-0.39, 0.29) is 11.7 Å². The van der Waals surface area contributed by atoms with Crippen molar-refractivity contribution in [1.29, 1.82) is 0 Å². The Balaban J connectivity index is 1.82. The lowest BCUT2D eigenvalue weighted by Crippen LogP contribution is -2.21. The molecule has 2 N–H and O–H groups in total. The number of nitrogens with one attached hydrogen (secondary N) is 2. The summed E-state index contributed by atoms with van der Waals surface area (Å²) in [4.78, 5) is 12.2. The Morgan fingerprint density at radius 2 is 1.96 bits per heavy atom. The number of halogens is 1. The van der Waals surface area contributed by atoms with Crippen molar-refractivity contribution in [3.63, 3.8) is 0 Å². The first-order valence-electron chi connectivity index (χ1n) is 7.46. The maximum atomic E-state index is 13.6. The summed E-state index contributed by atoms with van der Waals surface area (Å²) in [5, 5.41) is 9.96. The van der Waals surface area contributed by atoms with E-state index in [1.165, 1.54) is 12.1 Å². The molecule has 0 saturated carbocycles. The van der Waals surface area contributed by atoms with Crippen LogP contribution in [-0.2, 0) is 0 Å². The Morgan fingerprint density at radius 3 is 2.67 bits per heavy atom. The van der Waals surface area contributed by atoms with E-state index >= 15 is 0 Å². The summed E-state index contributed by atoms with van der Waals surface area (Å²) in [6, 6.07) is 13.2. The number of hydrogen-bond donors (Lipinski definition) is 2. The van der Waals surface area contributed by atoms with E-state index < -0.39 is 6.04 Å². The Kier molecular flexibility index (Phi) is 3.30. The fourth-order valence-electron chi connectivity index (χ4n) is 2.99. The van der Waals surface area contributed by atoms with Crippen LogP contribution in [0.25, 0.3) is 11.3 Å². The van der Waals surface area contributed by atoms with Crippen molar-refractivity contribution in [2.24, 2.45) is 0 Å². The van der Waals surface area contributed by atoms with Gasteiger partial charge in [0.1, 0.15) is 17.3 Å². The summed E-state index contributed by atoms with van der Waals surface area (Å²) in [7, 11) is 1.60. The molecular formula is C18H14FN3O2. The number of carbonyl (C=O) groups is 1. The summed E-state index contributed by atoms with van der Waals surface area (Å²) in [6.07, 6.45) is 0. The zero-order chi connectivity index (χ0) is 16.7. The van der Waals surface area contributed by atoms with E-state index in [2.05, 4.69) is 15.5 Å². The largest absolute Gasteiger partial charge is 0.497 e. The molecule has 1 amide bonds. The van der Waals surface area contributed by atoms with Crippen LogP contribution in [0.2, 0.25) is 0 Å². The molecule has 2 aromatic carbocycles. The minimum atomic E-state index is -0.431. The fourth-order valence-corrected chi connectivity index (χ4v) is 2.99. The number of carbonyl (C=O) groups excluding carboxylic acids is 1. The molecule has 24 heavy (non-hydrogen) atoms. The lowest BCUT2D eigenvalue weighted by molar-refractivity contribution is 0.0955. The number of rotatable bonds is 3. The van der Waals surface area contributed by atoms with Gasteiger partial charge in [0.25, 0.3) is 5.91 Å². The van der Waals surface area contributed by atoms with Gasteiger partial charge in [-0.25, -0.2) is 4.39 Å². The first-order valence-corrected chi connectivity index (χ1v) is 7.46. The molecule has 0 spiro atoms. The number of ether oxygens (including phenoxy) is 1. The summed E-state index contributed by atoms with van der Waals surface area (Å²) in [5.41, 5.74) is 3.34. The average Bonchev–Trinajstić information content (AvgIpc) is 3.17. The third-order valence-corrected chi connectivity index (χ3v) is 4.14. The molecule has 4 rings (SSSR count). The molecule has 5 nitrogen and oxygen atoms in total. The van der Waals surface area contributed by atoms with Crippen LogP contribution in [0, 0.1) is 5.82 Å². The third kappa shape index (κ3) is 2.23. The smallest absolute Gasteiger partial charge is 0.270 e.